The molecule has 0 saturated carbocycles. The van der Waals surface area contributed by atoms with Gasteiger partial charge in [0.1, 0.15) is 11.0 Å². The summed E-state index contributed by atoms with van der Waals surface area (Å²) in [5.41, 5.74) is 2.58. The number of carbonyl (C=O) groups is 2. The molecule has 0 aliphatic carbocycles. The SMILES string of the molecule is CCN(CC)CC1SC(=S)N(NC(=O)c2ccccc2O)C1=O. The molecule has 1 heterocycles. The van der Waals surface area contributed by atoms with Crippen molar-refractivity contribution in [1.82, 2.24) is 15.3 Å². The molecule has 0 radical (unpaired) electrons. The van der Waals surface area contributed by atoms with Crippen LogP contribution in [0, 0.1) is 0 Å². The van der Waals surface area contributed by atoms with Crippen molar-refractivity contribution >= 4 is 40.1 Å². The van der Waals surface area contributed by atoms with Gasteiger partial charge >= 0.3 is 0 Å². The number of phenolic OH excluding ortho intramolecular Hbond substituents is 1. The standard InChI is InChI=1S/C15H19N3O3S2/c1-3-17(4-2)9-12-14(21)18(15(22)23-12)16-13(20)10-7-5-6-8-11(10)19/h5-8,12,19H,3-4,9H2,1-2H3,(H,16,20). The van der Waals surface area contributed by atoms with E-state index >= 15 is 0 Å². The van der Waals surface area contributed by atoms with E-state index in [1.54, 1.807) is 12.1 Å². The Balaban J connectivity index is 2.06. The molecule has 1 aromatic carbocycles. The van der Waals surface area contributed by atoms with Crippen LogP contribution in [-0.4, -0.2) is 56.0 Å². The third-order valence-corrected chi connectivity index (χ3v) is 5.09. The first-order valence-corrected chi connectivity index (χ1v) is 8.62. The number of rotatable bonds is 6. The van der Waals surface area contributed by atoms with E-state index in [4.69, 9.17) is 12.2 Å². The second-order valence-corrected chi connectivity index (χ2v) is 6.83. The Morgan fingerprint density at radius 1 is 1.39 bits per heavy atom. The van der Waals surface area contributed by atoms with Crippen molar-refractivity contribution in [2.75, 3.05) is 19.6 Å². The highest BCUT2D eigenvalue weighted by atomic mass is 32.2. The van der Waals surface area contributed by atoms with Gasteiger partial charge < -0.3 is 10.0 Å². The molecule has 0 aromatic heterocycles. The Labute approximate surface area is 144 Å². The number of hydrogen-bond acceptors (Lipinski definition) is 6. The molecular formula is C15H19N3O3S2. The number of hydrogen-bond donors (Lipinski definition) is 2. The van der Waals surface area contributed by atoms with Crippen LogP contribution >= 0.6 is 24.0 Å². The predicted octanol–water partition coefficient (Wildman–Crippen LogP) is 1.61. The van der Waals surface area contributed by atoms with Crippen LogP contribution in [0.1, 0.15) is 24.2 Å². The first-order chi connectivity index (χ1) is 11.0. The van der Waals surface area contributed by atoms with Gasteiger partial charge in [-0.15, -0.1) is 0 Å². The number of nitrogens with zero attached hydrogens (tertiary/aromatic N) is 2. The van der Waals surface area contributed by atoms with Crippen molar-refractivity contribution in [3.63, 3.8) is 0 Å². The maximum absolute atomic E-state index is 12.4. The molecule has 2 rings (SSSR count). The van der Waals surface area contributed by atoms with Crippen LogP contribution in [-0.2, 0) is 4.79 Å². The Bertz CT molecular complexity index is 620. The van der Waals surface area contributed by atoms with Gasteiger partial charge in [-0.25, -0.2) is 5.01 Å². The molecule has 6 nitrogen and oxygen atoms in total. The van der Waals surface area contributed by atoms with Gasteiger partial charge in [-0.2, -0.15) is 0 Å². The Kier molecular flexibility index (Phi) is 5.97. The van der Waals surface area contributed by atoms with Crippen LogP contribution in [0.5, 0.6) is 5.75 Å². The van der Waals surface area contributed by atoms with Gasteiger partial charge in [0.05, 0.1) is 5.56 Å². The van der Waals surface area contributed by atoms with Gasteiger partial charge in [0.15, 0.2) is 4.32 Å². The molecule has 23 heavy (non-hydrogen) atoms. The zero-order chi connectivity index (χ0) is 17.0. The largest absolute Gasteiger partial charge is 0.507 e. The highest BCUT2D eigenvalue weighted by molar-refractivity contribution is 8.24. The lowest BCUT2D eigenvalue weighted by Gasteiger charge is -2.21. The molecule has 124 valence electrons. The fraction of sp³-hybridized carbons (Fsp3) is 0.400. The van der Waals surface area contributed by atoms with E-state index in [1.165, 1.54) is 23.9 Å². The number of nitrogens with one attached hydrogen (secondary N) is 1. The minimum atomic E-state index is -0.567. The second-order valence-electron chi connectivity index (χ2n) is 4.99. The number of benzene rings is 1. The summed E-state index contributed by atoms with van der Waals surface area (Å²) in [5, 5.41) is 10.5. The number of carbonyl (C=O) groups excluding carboxylic acids is 2. The molecule has 1 aliphatic rings. The summed E-state index contributed by atoms with van der Waals surface area (Å²) in [6.45, 7) is 6.34. The molecule has 1 saturated heterocycles. The van der Waals surface area contributed by atoms with Crippen LogP contribution in [0.3, 0.4) is 0 Å². The first-order valence-electron chi connectivity index (χ1n) is 7.33. The number of amides is 2. The van der Waals surface area contributed by atoms with Crippen molar-refractivity contribution in [2.45, 2.75) is 19.1 Å². The van der Waals surface area contributed by atoms with E-state index in [0.717, 1.165) is 18.1 Å². The molecule has 1 unspecified atom stereocenters. The highest BCUT2D eigenvalue weighted by Crippen LogP contribution is 2.27. The minimum absolute atomic E-state index is 0.0975. The van der Waals surface area contributed by atoms with Crippen LogP contribution in [0.25, 0.3) is 0 Å². The number of para-hydroxylation sites is 1. The quantitative estimate of drug-likeness (QED) is 0.757. The minimum Gasteiger partial charge on any atom is -0.507 e. The number of thioether (sulfide) groups is 1. The Hall–Kier alpha value is -1.64. The van der Waals surface area contributed by atoms with E-state index in [-0.39, 0.29) is 22.5 Å². The zero-order valence-electron chi connectivity index (χ0n) is 13.0. The van der Waals surface area contributed by atoms with E-state index in [9.17, 15) is 14.7 Å². The first kappa shape index (κ1) is 17.7. The highest BCUT2D eigenvalue weighted by Gasteiger charge is 2.39. The molecule has 1 atom stereocenters. The van der Waals surface area contributed by atoms with E-state index in [2.05, 4.69) is 10.3 Å². The van der Waals surface area contributed by atoms with E-state index in [1.807, 2.05) is 13.8 Å². The maximum atomic E-state index is 12.4. The molecule has 1 aromatic rings. The summed E-state index contributed by atoms with van der Waals surface area (Å²) in [6.07, 6.45) is 0. The van der Waals surface area contributed by atoms with Gasteiger partial charge in [0.2, 0.25) is 0 Å². The summed E-state index contributed by atoms with van der Waals surface area (Å²) in [7, 11) is 0. The van der Waals surface area contributed by atoms with Crippen molar-refractivity contribution in [3.05, 3.63) is 29.8 Å². The normalized spacial score (nSPS) is 17.9. The molecule has 1 fully saturated rings. The number of thiocarbonyl (C=S) groups is 1. The number of hydrazine groups is 1. The van der Waals surface area contributed by atoms with Crippen molar-refractivity contribution in [3.8, 4) is 5.75 Å². The third kappa shape index (κ3) is 4.01. The van der Waals surface area contributed by atoms with Crippen molar-refractivity contribution in [1.29, 1.82) is 0 Å². The van der Waals surface area contributed by atoms with Gasteiger partial charge in [0, 0.05) is 6.54 Å². The topological polar surface area (TPSA) is 72.9 Å². The molecule has 0 bridgehead atoms. The van der Waals surface area contributed by atoms with E-state index in [0.29, 0.717) is 10.9 Å². The fourth-order valence-electron chi connectivity index (χ4n) is 2.22. The van der Waals surface area contributed by atoms with Gasteiger partial charge in [-0.1, -0.05) is 50.0 Å². The zero-order valence-corrected chi connectivity index (χ0v) is 14.6. The van der Waals surface area contributed by atoms with Crippen molar-refractivity contribution in [2.24, 2.45) is 0 Å². The summed E-state index contributed by atoms with van der Waals surface area (Å²) in [6, 6.07) is 6.15. The Morgan fingerprint density at radius 3 is 2.65 bits per heavy atom. The monoisotopic (exact) mass is 353 g/mol. The number of aromatic hydroxyl groups is 1. The summed E-state index contributed by atoms with van der Waals surface area (Å²) in [4.78, 5) is 26.8. The third-order valence-electron chi connectivity index (χ3n) is 3.60. The fourth-order valence-corrected chi connectivity index (χ4v) is 3.68. The molecule has 2 N–H and O–H groups in total. The van der Waals surface area contributed by atoms with Crippen LogP contribution < -0.4 is 5.43 Å². The Morgan fingerprint density at radius 2 is 2.04 bits per heavy atom. The average molecular weight is 353 g/mol. The number of phenols is 1. The second kappa shape index (κ2) is 7.76. The summed E-state index contributed by atoms with van der Waals surface area (Å²) < 4.78 is 0.316. The maximum Gasteiger partial charge on any atom is 0.273 e. The van der Waals surface area contributed by atoms with Gasteiger partial charge in [0.25, 0.3) is 11.8 Å². The van der Waals surface area contributed by atoms with Crippen molar-refractivity contribution < 1.29 is 14.7 Å². The lowest BCUT2D eigenvalue weighted by atomic mass is 10.2. The predicted molar refractivity (Wildman–Crippen MR) is 94.2 cm³/mol. The lowest BCUT2D eigenvalue weighted by molar-refractivity contribution is -0.128. The molecule has 2 amide bonds. The summed E-state index contributed by atoms with van der Waals surface area (Å²) >= 11 is 6.46. The summed E-state index contributed by atoms with van der Waals surface area (Å²) in [5.74, 6) is -0.950. The lowest BCUT2D eigenvalue weighted by Crippen LogP contribution is -2.47. The van der Waals surface area contributed by atoms with Gasteiger partial charge in [-0.3, -0.25) is 15.0 Å². The molecular weight excluding hydrogens is 334 g/mol. The van der Waals surface area contributed by atoms with Crippen LogP contribution in [0.15, 0.2) is 24.3 Å². The molecule has 0 spiro atoms. The van der Waals surface area contributed by atoms with Crippen LogP contribution in [0.4, 0.5) is 0 Å². The average Bonchev–Trinajstić information content (AvgIpc) is 2.80. The van der Waals surface area contributed by atoms with E-state index < -0.39 is 5.91 Å². The molecule has 1 aliphatic heterocycles. The van der Waals surface area contributed by atoms with Crippen LogP contribution in [0.2, 0.25) is 0 Å². The molecule has 8 heteroatoms. The van der Waals surface area contributed by atoms with Gasteiger partial charge in [-0.05, 0) is 25.2 Å². The smallest absolute Gasteiger partial charge is 0.273 e.